The summed E-state index contributed by atoms with van der Waals surface area (Å²) >= 11 is 5.86. The van der Waals surface area contributed by atoms with Gasteiger partial charge in [0, 0.05) is 30.2 Å². The molecule has 0 saturated heterocycles. The molecule has 0 spiro atoms. The van der Waals surface area contributed by atoms with Crippen LogP contribution in [-0.2, 0) is 28.9 Å². The summed E-state index contributed by atoms with van der Waals surface area (Å²) in [4.78, 5) is 34.9. The minimum atomic E-state index is -4.58. The third kappa shape index (κ3) is 10.5. The van der Waals surface area contributed by atoms with Gasteiger partial charge in [-0.1, -0.05) is 23.7 Å². The maximum Gasteiger partial charge on any atom is 0.416 e. The summed E-state index contributed by atoms with van der Waals surface area (Å²) in [5.41, 5.74) is -1.37. The van der Waals surface area contributed by atoms with Crippen molar-refractivity contribution >= 4 is 23.9 Å². The fourth-order valence-corrected chi connectivity index (χ4v) is 3.77. The van der Waals surface area contributed by atoms with Crippen LogP contribution in [0.25, 0.3) is 11.4 Å². The van der Waals surface area contributed by atoms with Crippen molar-refractivity contribution in [2.75, 3.05) is 20.1 Å². The van der Waals surface area contributed by atoms with Crippen LogP contribution in [0.2, 0.25) is 5.02 Å². The van der Waals surface area contributed by atoms with Crippen molar-refractivity contribution in [1.29, 1.82) is 0 Å². The number of likely N-dealkylation sites (N-methyl/N-ethyl adjacent to an activating group) is 1. The number of amides is 2. The zero-order valence-corrected chi connectivity index (χ0v) is 23.3. The molecule has 2 amide bonds. The molecule has 2 aromatic carbocycles. The molecule has 3 rings (SSSR count). The highest BCUT2D eigenvalue weighted by atomic mass is 35.5. The molecule has 3 N–H and O–H groups in total. The van der Waals surface area contributed by atoms with Crippen molar-refractivity contribution in [3.63, 3.8) is 0 Å². The van der Waals surface area contributed by atoms with Gasteiger partial charge in [-0.25, -0.2) is 9.48 Å². The van der Waals surface area contributed by atoms with Gasteiger partial charge in [-0.2, -0.15) is 26.3 Å². The van der Waals surface area contributed by atoms with Crippen molar-refractivity contribution < 1.29 is 35.9 Å². The van der Waals surface area contributed by atoms with E-state index in [0.29, 0.717) is 21.7 Å². The highest BCUT2D eigenvalue weighted by molar-refractivity contribution is 6.30. The van der Waals surface area contributed by atoms with E-state index in [-0.39, 0.29) is 17.9 Å². The van der Waals surface area contributed by atoms with Crippen LogP contribution in [0.4, 0.5) is 26.3 Å². The molecule has 1 atom stereocenters. The molecule has 0 bridgehead atoms. The average molecular weight is 623 g/mol. The van der Waals surface area contributed by atoms with Gasteiger partial charge < -0.3 is 16.0 Å². The zero-order valence-electron chi connectivity index (χ0n) is 22.5. The quantitative estimate of drug-likeness (QED) is 0.220. The van der Waals surface area contributed by atoms with Gasteiger partial charge in [-0.15, -0.1) is 5.10 Å². The lowest BCUT2D eigenvalue weighted by Crippen LogP contribution is -2.39. The summed E-state index contributed by atoms with van der Waals surface area (Å²) in [7, 11) is 1.54. The highest BCUT2D eigenvalue weighted by Gasteiger charge is 2.31. The number of aromatic nitrogens is 3. The molecule has 230 valence electrons. The first-order valence-electron chi connectivity index (χ1n) is 12.5. The number of hydrogen-bond donors (Lipinski definition) is 3. The van der Waals surface area contributed by atoms with Gasteiger partial charge in [0.15, 0.2) is 5.82 Å². The third-order valence-corrected chi connectivity index (χ3v) is 5.84. The van der Waals surface area contributed by atoms with Crippen LogP contribution in [0, 0.1) is 0 Å². The minimum absolute atomic E-state index is 0.0675. The molecule has 0 aliphatic rings. The molecular formula is C26H29ClF6N6O3. The predicted octanol–water partition coefficient (Wildman–Crippen LogP) is 4.17. The lowest BCUT2D eigenvalue weighted by Gasteiger charge is -2.20. The van der Waals surface area contributed by atoms with Crippen molar-refractivity contribution in [1.82, 2.24) is 30.3 Å². The number of carbonyl (C=O) groups excluding carboxylic acids is 2. The van der Waals surface area contributed by atoms with Crippen LogP contribution < -0.4 is 21.6 Å². The Morgan fingerprint density at radius 1 is 1.10 bits per heavy atom. The first-order valence-corrected chi connectivity index (χ1v) is 12.9. The van der Waals surface area contributed by atoms with E-state index >= 15 is 0 Å². The molecule has 1 unspecified atom stereocenters. The molecule has 3 aromatic rings. The first kappa shape index (κ1) is 34.4. The van der Waals surface area contributed by atoms with Gasteiger partial charge in [-0.05, 0) is 55.9 Å². The van der Waals surface area contributed by atoms with E-state index in [9.17, 15) is 40.7 Å². The van der Waals surface area contributed by atoms with Crippen molar-refractivity contribution in [3.8, 4) is 11.4 Å². The van der Waals surface area contributed by atoms with Crippen molar-refractivity contribution in [2.45, 2.75) is 44.8 Å². The Morgan fingerprint density at radius 3 is 2.29 bits per heavy atom. The maximum atomic E-state index is 13.1. The molecule has 1 aromatic heterocycles. The second-order valence-electron chi connectivity index (χ2n) is 8.76. The smallest absolute Gasteiger partial charge is 0.359 e. The number of rotatable bonds is 11. The standard InChI is InChI=1S/C23H22ClF6N5O2.C3H7NO/c1-31-12-18(15-3-2-4-16(11-15)23(28,29)30)32-19(36)13-35-21(37)34(10-9-22(25,26)27)20(33-35)14-5-7-17(24)8-6-14;1-2-4-3-5/h2-8,11,18,31H,9-10,12-13H2,1H3,(H,32,36);3H,2H2,1H3,(H,4,5). The fraction of sp³-hybridized carbons (Fsp3) is 0.385. The monoisotopic (exact) mass is 622 g/mol. The molecule has 0 aliphatic carbocycles. The Morgan fingerprint density at radius 2 is 1.76 bits per heavy atom. The van der Waals surface area contributed by atoms with E-state index in [4.69, 9.17) is 11.6 Å². The van der Waals surface area contributed by atoms with E-state index < -0.39 is 55.1 Å². The van der Waals surface area contributed by atoms with E-state index in [1.165, 1.54) is 43.4 Å². The van der Waals surface area contributed by atoms with E-state index in [1.54, 1.807) is 0 Å². The highest BCUT2D eigenvalue weighted by Crippen LogP contribution is 2.31. The molecule has 0 saturated carbocycles. The molecule has 0 radical (unpaired) electrons. The SMILES string of the molecule is CCNC=O.CNCC(NC(=O)Cn1nc(-c2ccc(Cl)cc2)n(CCC(F)(F)F)c1=O)c1cccc(C(F)(F)F)c1. The summed E-state index contributed by atoms with van der Waals surface area (Å²) in [6.45, 7) is 1.27. The Hall–Kier alpha value is -3.85. The van der Waals surface area contributed by atoms with E-state index in [2.05, 4.69) is 21.0 Å². The van der Waals surface area contributed by atoms with E-state index in [0.717, 1.165) is 23.2 Å². The normalized spacial score (nSPS) is 12.2. The van der Waals surface area contributed by atoms with Crippen LogP contribution in [-0.4, -0.2) is 53.0 Å². The fourth-order valence-electron chi connectivity index (χ4n) is 3.64. The van der Waals surface area contributed by atoms with Gasteiger partial charge >= 0.3 is 18.0 Å². The molecule has 9 nitrogen and oxygen atoms in total. The van der Waals surface area contributed by atoms with Gasteiger partial charge in [0.1, 0.15) is 6.54 Å². The van der Waals surface area contributed by atoms with Crippen LogP contribution in [0.5, 0.6) is 0 Å². The molecule has 0 aliphatic heterocycles. The maximum absolute atomic E-state index is 13.1. The van der Waals surface area contributed by atoms with Crippen molar-refractivity contribution in [3.05, 3.63) is 75.2 Å². The number of carbonyl (C=O) groups is 2. The largest absolute Gasteiger partial charge is 0.416 e. The average Bonchev–Trinajstić information content (AvgIpc) is 3.22. The molecule has 16 heteroatoms. The van der Waals surface area contributed by atoms with Crippen molar-refractivity contribution in [2.24, 2.45) is 0 Å². The third-order valence-electron chi connectivity index (χ3n) is 5.58. The van der Waals surface area contributed by atoms with Crippen LogP contribution in [0.3, 0.4) is 0 Å². The minimum Gasteiger partial charge on any atom is -0.359 e. The molecular weight excluding hydrogens is 594 g/mol. The summed E-state index contributed by atoms with van der Waals surface area (Å²) in [6, 6.07) is 9.40. The van der Waals surface area contributed by atoms with Crippen LogP contribution in [0.15, 0.2) is 53.3 Å². The second-order valence-corrected chi connectivity index (χ2v) is 9.20. The lowest BCUT2D eigenvalue weighted by atomic mass is 10.0. The van der Waals surface area contributed by atoms with Gasteiger partial charge in [-0.3, -0.25) is 14.2 Å². The number of hydrogen-bond acceptors (Lipinski definition) is 5. The number of benzene rings is 2. The number of alkyl halides is 6. The lowest BCUT2D eigenvalue weighted by molar-refractivity contribution is -0.138. The first-order chi connectivity index (χ1) is 19.7. The number of halogens is 7. The second kappa shape index (κ2) is 15.4. The Kier molecular flexibility index (Phi) is 12.6. The summed E-state index contributed by atoms with van der Waals surface area (Å²) < 4.78 is 79.4. The topological polar surface area (TPSA) is 110 Å². The Balaban J connectivity index is 0.00000113. The van der Waals surface area contributed by atoms with Crippen LogP contribution in [0.1, 0.15) is 30.5 Å². The summed E-state index contributed by atoms with van der Waals surface area (Å²) in [6.07, 6.45) is -9.74. The van der Waals surface area contributed by atoms with Gasteiger partial charge in [0.25, 0.3) is 0 Å². The van der Waals surface area contributed by atoms with Gasteiger partial charge in [0.2, 0.25) is 12.3 Å². The predicted molar refractivity (Wildman–Crippen MR) is 144 cm³/mol. The van der Waals surface area contributed by atoms with Gasteiger partial charge in [0.05, 0.1) is 18.0 Å². The summed E-state index contributed by atoms with van der Waals surface area (Å²) in [5, 5.41) is 12.2. The van der Waals surface area contributed by atoms with E-state index in [1.807, 2.05) is 6.92 Å². The Bertz CT molecular complexity index is 1370. The summed E-state index contributed by atoms with van der Waals surface area (Å²) in [5.74, 6) is -0.869. The van der Waals surface area contributed by atoms with Crippen LogP contribution >= 0.6 is 11.6 Å². The molecule has 1 heterocycles. The number of nitrogens with one attached hydrogen (secondary N) is 3. The molecule has 0 fully saturated rings. The molecule has 42 heavy (non-hydrogen) atoms. The zero-order chi connectivity index (χ0) is 31.5. The number of nitrogens with zero attached hydrogens (tertiary/aromatic N) is 3. The Labute approximate surface area is 241 Å².